The van der Waals surface area contributed by atoms with Crippen molar-refractivity contribution in [2.45, 2.75) is 20.3 Å². The molecule has 0 aliphatic heterocycles. The lowest BCUT2D eigenvalue weighted by Crippen LogP contribution is -2.30. The summed E-state index contributed by atoms with van der Waals surface area (Å²) in [6.07, 6.45) is 0.655. The second-order valence-electron chi connectivity index (χ2n) is 2.98. The lowest BCUT2D eigenvalue weighted by molar-refractivity contribution is 0.0949. The smallest absolute Gasteiger partial charge is 0.294 e. The van der Waals surface area contributed by atoms with Crippen molar-refractivity contribution in [2.75, 3.05) is 6.54 Å². The quantitative estimate of drug-likeness (QED) is 0.395. The molecule has 88 valence electrons. The molecule has 0 spiro atoms. The van der Waals surface area contributed by atoms with Crippen LogP contribution in [0.4, 0.5) is 0 Å². The van der Waals surface area contributed by atoms with Crippen molar-refractivity contribution in [3.8, 4) is 0 Å². The summed E-state index contributed by atoms with van der Waals surface area (Å²) in [4.78, 5) is 27.6. The summed E-state index contributed by atoms with van der Waals surface area (Å²) in [6.45, 7) is 4.25. The highest BCUT2D eigenvalue weighted by molar-refractivity contribution is 7.13. The monoisotopic (exact) mass is 242 g/mol. The van der Waals surface area contributed by atoms with Gasteiger partial charge in [0.1, 0.15) is 5.69 Å². The number of hydrogen-bond donors (Lipinski definition) is 3. The molecule has 0 bridgehead atoms. The van der Waals surface area contributed by atoms with Gasteiger partial charge in [0.25, 0.3) is 11.8 Å². The average Bonchev–Trinajstić information content (AvgIpc) is 2.72. The number of carbonyl (C=O) groups is 2. The summed E-state index contributed by atoms with van der Waals surface area (Å²) < 4.78 is 0. The molecule has 0 aliphatic carbocycles. The van der Waals surface area contributed by atoms with Crippen LogP contribution in [0.5, 0.6) is 0 Å². The van der Waals surface area contributed by atoms with Gasteiger partial charge in [0.15, 0.2) is 5.01 Å². The third-order valence-corrected chi connectivity index (χ3v) is 3.09. The Morgan fingerprint density at radius 2 is 2.06 bits per heavy atom. The normalized spacial score (nSPS) is 9.94. The molecule has 0 radical (unpaired) electrons. The van der Waals surface area contributed by atoms with Crippen LogP contribution in [0.3, 0.4) is 0 Å². The fourth-order valence-corrected chi connectivity index (χ4v) is 2.07. The van der Waals surface area contributed by atoms with Gasteiger partial charge in [-0.25, -0.2) is 10.8 Å². The Hall–Kier alpha value is -1.47. The number of hydrogen-bond acceptors (Lipinski definition) is 5. The topological polar surface area (TPSA) is 97.1 Å². The van der Waals surface area contributed by atoms with Crippen molar-refractivity contribution in [1.29, 1.82) is 0 Å². The number of aromatic nitrogens is 1. The second kappa shape index (κ2) is 5.57. The summed E-state index contributed by atoms with van der Waals surface area (Å²) in [7, 11) is 0. The van der Waals surface area contributed by atoms with Gasteiger partial charge in [0.05, 0.1) is 0 Å². The number of nitrogens with zero attached hydrogens (tertiary/aromatic N) is 1. The zero-order valence-corrected chi connectivity index (χ0v) is 9.98. The lowest BCUT2D eigenvalue weighted by Gasteiger charge is -1.99. The molecule has 0 aliphatic rings. The maximum absolute atomic E-state index is 11.6. The van der Waals surface area contributed by atoms with E-state index in [1.54, 1.807) is 0 Å². The molecule has 7 heteroatoms. The van der Waals surface area contributed by atoms with E-state index in [0.29, 0.717) is 18.7 Å². The van der Waals surface area contributed by atoms with Gasteiger partial charge < -0.3 is 5.32 Å². The van der Waals surface area contributed by atoms with Crippen molar-refractivity contribution in [2.24, 2.45) is 5.84 Å². The molecule has 0 saturated carbocycles. The number of carbonyl (C=O) groups excluding carboxylic acids is 2. The first-order valence-corrected chi connectivity index (χ1v) is 5.74. The number of hydrazine groups is 1. The van der Waals surface area contributed by atoms with E-state index in [2.05, 4.69) is 10.3 Å². The zero-order chi connectivity index (χ0) is 12.1. The van der Waals surface area contributed by atoms with Crippen molar-refractivity contribution in [3.05, 3.63) is 15.6 Å². The van der Waals surface area contributed by atoms with E-state index in [9.17, 15) is 9.59 Å². The van der Waals surface area contributed by atoms with Crippen LogP contribution in [0.1, 0.15) is 39.0 Å². The first kappa shape index (κ1) is 12.6. The molecule has 2 amide bonds. The van der Waals surface area contributed by atoms with Crippen LogP contribution >= 0.6 is 11.3 Å². The second-order valence-corrected chi connectivity index (χ2v) is 4.06. The summed E-state index contributed by atoms with van der Waals surface area (Å²) in [6, 6.07) is 0. The average molecular weight is 242 g/mol. The van der Waals surface area contributed by atoms with Gasteiger partial charge in [-0.2, -0.15) is 0 Å². The van der Waals surface area contributed by atoms with Gasteiger partial charge in [0, 0.05) is 11.4 Å². The minimum absolute atomic E-state index is 0.209. The van der Waals surface area contributed by atoms with E-state index in [-0.39, 0.29) is 10.9 Å². The number of nitrogens with two attached hydrogens (primary N) is 1. The Labute approximate surface area is 97.2 Å². The fraction of sp³-hybridized carbons (Fsp3) is 0.444. The van der Waals surface area contributed by atoms with Crippen molar-refractivity contribution < 1.29 is 9.59 Å². The van der Waals surface area contributed by atoms with Crippen LogP contribution in [0, 0.1) is 0 Å². The van der Waals surface area contributed by atoms with Crippen LogP contribution in [-0.2, 0) is 6.42 Å². The van der Waals surface area contributed by atoms with E-state index >= 15 is 0 Å². The summed E-state index contributed by atoms with van der Waals surface area (Å²) in [5.41, 5.74) is 2.31. The number of nitrogens with one attached hydrogen (secondary N) is 2. The molecule has 1 aromatic rings. The number of thiazole rings is 1. The molecule has 0 fully saturated rings. The highest BCUT2D eigenvalue weighted by atomic mass is 32.1. The Morgan fingerprint density at radius 3 is 2.56 bits per heavy atom. The maximum Gasteiger partial charge on any atom is 0.294 e. The van der Waals surface area contributed by atoms with E-state index in [4.69, 9.17) is 5.84 Å². The largest absolute Gasteiger partial charge is 0.351 e. The molecular weight excluding hydrogens is 228 g/mol. The Morgan fingerprint density at radius 1 is 1.38 bits per heavy atom. The van der Waals surface area contributed by atoms with Gasteiger partial charge in [-0.1, -0.05) is 6.92 Å². The number of aryl methyl sites for hydroxylation is 1. The molecule has 0 aromatic carbocycles. The Balaban J connectivity index is 3.03. The lowest BCUT2D eigenvalue weighted by atomic mass is 10.3. The Kier molecular flexibility index (Phi) is 4.39. The predicted molar refractivity (Wildman–Crippen MR) is 61.2 cm³/mol. The van der Waals surface area contributed by atoms with E-state index in [1.807, 2.05) is 19.3 Å². The minimum atomic E-state index is -0.477. The minimum Gasteiger partial charge on any atom is -0.351 e. The molecule has 1 heterocycles. The third-order valence-electron chi connectivity index (χ3n) is 1.90. The van der Waals surface area contributed by atoms with Gasteiger partial charge >= 0.3 is 0 Å². The summed E-state index contributed by atoms with van der Waals surface area (Å²) in [5.74, 6) is 4.27. The number of nitrogen functional groups attached to an aromatic ring is 1. The molecule has 0 unspecified atom stereocenters. The molecule has 1 rings (SSSR count). The van der Waals surface area contributed by atoms with Crippen LogP contribution in [0.15, 0.2) is 0 Å². The van der Waals surface area contributed by atoms with E-state index < -0.39 is 5.91 Å². The zero-order valence-electron chi connectivity index (χ0n) is 9.16. The standard InChI is InChI=1S/C9H14N4O2S/c1-3-5-6(7(14)11-4-2)12-9(16-5)8(15)13-10/h3-4,10H2,1-2H3,(H,11,14)(H,13,15). The van der Waals surface area contributed by atoms with Crippen molar-refractivity contribution in [1.82, 2.24) is 15.7 Å². The van der Waals surface area contributed by atoms with Gasteiger partial charge in [-0.3, -0.25) is 15.0 Å². The molecule has 0 atom stereocenters. The molecule has 4 N–H and O–H groups in total. The SMILES string of the molecule is CCNC(=O)c1nc(C(=O)NN)sc1CC. The van der Waals surface area contributed by atoms with Gasteiger partial charge in [0.2, 0.25) is 0 Å². The first-order valence-electron chi connectivity index (χ1n) is 4.92. The predicted octanol–water partition coefficient (Wildman–Crippen LogP) is 0.0587. The van der Waals surface area contributed by atoms with Crippen LogP contribution < -0.4 is 16.6 Å². The molecule has 0 saturated heterocycles. The Bertz CT molecular complexity index is 402. The van der Waals surface area contributed by atoms with Crippen LogP contribution in [-0.4, -0.2) is 23.3 Å². The van der Waals surface area contributed by atoms with E-state index in [0.717, 1.165) is 4.88 Å². The van der Waals surface area contributed by atoms with Crippen LogP contribution in [0.2, 0.25) is 0 Å². The molecular formula is C9H14N4O2S. The maximum atomic E-state index is 11.6. The van der Waals surface area contributed by atoms with Crippen LogP contribution in [0.25, 0.3) is 0 Å². The van der Waals surface area contributed by atoms with E-state index in [1.165, 1.54) is 11.3 Å². The first-order chi connectivity index (χ1) is 7.63. The van der Waals surface area contributed by atoms with Gasteiger partial charge in [-0.15, -0.1) is 11.3 Å². The fourth-order valence-electron chi connectivity index (χ4n) is 1.17. The number of amides is 2. The molecule has 6 nitrogen and oxygen atoms in total. The van der Waals surface area contributed by atoms with Gasteiger partial charge in [-0.05, 0) is 13.3 Å². The highest BCUT2D eigenvalue weighted by Crippen LogP contribution is 2.19. The summed E-state index contributed by atoms with van der Waals surface area (Å²) >= 11 is 1.18. The van der Waals surface area contributed by atoms with Crippen molar-refractivity contribution in [3.63, 3.8) is 0 Å². The number of rotatable bonds is 4. The highest BCUT2D eigenvalue weighted by Gasteiger charge is 2.19. The molecule has 16 heavy (non-hydrogen) atoms. The van der Waals surface area contributed by atoms with Crippen molar-refractivity contribution >= 4 is 23.2 Å². The molecule has 1 aromatic heterocycles. The summed E-state index contributed by atoms with van der Waals surface area (Å²) in [5, 5.41) is 2.86. The third kappa shape index (κ3) is 2.56.